The molecule has 0 aliphatic rings. The first kappa shape index (κ1) is 17.2. The molecule has 0 radical (unpaired) electrons. The molecular formula is C18H14F2N2O2. The topological polar surface area (TPSA) is 73.1 Å². The lowest BCUT2D eigenvalue weighted by Crippen LogP contribution is -2.27. The molecule has 0 heterocycles. The first-order chi connectivity index (χ1) is 11.5. The number of amides is 1. The van der Waals surface area contributed by atoms with Crippen molar-refractivity contribution in [1.29, 1.82) is 5.26 Å². The van der Waals surface area contributed by atoms with Crippen molar-refractivity contribution in [2.24, 2.45) is 0 Å². The molecule has 122 valence electrons. The Morgan fingerprint density at radius 3 is 2.38 bits per heavy atom. The normalized spacial score (nSPS) is 11.0. The number of phenols is 1. The van der Waals surface area contributed by atoms with Crippen LogP contribution in [0.15, 0.2) is 48.0 Å². The zero-order valence-corrected chi connectivity index (χ0v) is 12.6. The average molecular weight is 328 g/mol. The Morgan fingerprint density at radius 2 is 1.79 bits per heavy atom. The van der Waals surface area contributed by atoms with Crippen molar-refractivity contribution in [3.05, 3.63) is 70.8 Å². The number of nitriles is 1. The number of carbonyl (C=O) groups excluding carboxylic acids is 1. The molecule has 0 unspecified atom stereocenters. The molecule has 0 atom stereocenters. The summed E-state index contributed by atoms with van der Waals surface area (Å²) in [5.74, 6) is -1.92. The van der Waals surface area contributed by atoms with E-state index < -0.39 is 17.5 Å². The number of nitrogens with one attached hydrogen (secondary N) is 1. The predicted molar refractivity (Wildman–Crippen MR) is 84.8 cm³/mol. The third-order valence-corrected chi connectivity index (χ3v) is 3.29. The van der Waals surface area contributed by atoms with Crippen molar-refractivity contribution in [2.45, 2.75) is 6.42 Å². The fourth-order valence-corrected chi connectivity index (χ4v) is 2.05. The van der Waals surface area contributed by atoms with Gasteiger partial charge in [-0.15, -0.1) is 0 Å². The largest absolute Gasteiger partial charge is 0.508 e. The van der Waals surface area contributed by atoms with E-state index in [1.165, 1.54) is 24.3 Å². The highest BCUT2D eigenvalue weighted by atomic mass is 19.1. The van der Waals surface area contributed by atoms with E-state index in [0.29, 0.717) is 5.56 Å². The number of phenolic OH excluding ortho intramolecular Hbond substituents is 1. The fraction of sp³-hybridized carbons (Fsp3) is 0.111. The number of nitrogens with zero attached hydrogens (tertiary/aromatic N) is 1. The molecule has 0 saturated carbocycles. The third kappa shape index (κ3) is 4.40. The molecule has 0 bridgehead atoms. The fourth-order valence-electron chi connectivity index (χ4n) is 2.05. The Bertz CT molecular complexity index is 789. The summed E-state index contributed by atoms with van der Waals surface area (Å²) in [6.45, 7) is -0.00865. The lowest BCUT2D eigenvalue weighted by molar-refractivity contribution is -0.117. The number of hydrogen-bond donors (Lipinski definition) is 2. The number of rotatable bonds is 5. The maximum absolute atomic E-state index is 13.5. The monoisotopic (exact) mass is 328 g/mol. The molecule has 2 aromatic rings. The molecule has 6 heteroatoms. The molecule has 0 spiro atoms. The molecule has 0 saturated heterocycles. The van der Waals surface area contributed by atoms with E-state index in [0.717, 1.165) is 12.1 Å². The predicted octanol–water partition coefficient (Wildman–Crippen LogP) is 2.94. The molecule has 2 rings (SSSR count). The standard InChI is InChI=1S/C18H14F2N2O2/c19-16-2-1-3-17(20)15(16)8-9-22-18(24)13(11-21)10-12-4-6-14(23)7-5-12/h1-7,10,23H,8-9H2,(H,22,24). The molecule has 2 aromatic carbocycles. The van der Waals surface area contributed by atoms with Gasteiger partial charge in [-0.1, -0.05) is 18.2 Å². The molecule has 0 fully saturated rings. The molecule has 2 N–H and O–H groups in total. The van der Waals surface area contributed by atoms with Gasteiger partial charge in [-0.2, -0.15) is 5.26 Å². The molecule has 1 amide bonds. The minimum Gasteiger partial charge on any atom is -0.508 e. The van der Waals surface area contributed by atoms with E-state index in [-0.39, 0.29) is 29.9 Å². The van der Waals surface area contributed by atoms with E-state index in [4.69, 9.17) is 5.26 Å². The van der Waals surface area contributed by atoms with Crippen molar-refractivity contribution in [3.63, 3.8) is 0 Å². The van der Waals surface area contributed by atoms with E-state index >= 15 is 0 Å². The SMILES string of the molecule is N#CC(=Cc1ccc(O)cc1)C(=O)NCCc1c(F)cccc1F. The van der Waals surface area contributed by atoms with Crippen molar-refractivity contribution in [2.75, 3.05) is 6.54 Å². The van der Waals surface area contributed by atoms with Crippen LogP contribution >= 0.6 is 0 Å². The van der Waals surface area contributed by atoms with Crippen LogP contribution in [0.25, 0.3) is 6.08 Å². The summed E-state index contributed by atoms with van der Waals surface area (Å²) in [4.78, 5) is 12.0. The van der Waals surface area contributed by atoms with Crippen molar-refractivity contribution in [1.82, 2.24) is 5.32 Å². The highest BCUT2D eigenvalue weighted by Crippen LogP contribution is 2.14. The van der Waals surface area contributed by atoms with Crippen LogP contribution in [0.4, 0.5) is 8.78 Å². The first-order valence-electron chi connectivity index (χ1n) is 7.13. The minimum atomic E-state index is -0.676. The summed E-state index contributed by atoms with van der Waals surface area (Å²) in [6.07, 6.45) is 1.33. The summed E-state index contributed by atoms with van der Waals surface area (Å²) in [6, 6.07) is 11.3. The second-order valence-electron chi connectivity index (χ2n) is 4.97. The van der Waals surface area contributed by atoms with Crippen LogP contribution in [0.5, 0.6) is 5.75 Å². The lowest BCUT2D eigenvalue weighted by Gasteiger charge is -2.06. The van der Waals surface area contributed by atoms with Crippen molar-refractivity contribution in [3.8, 4) is 11.8 Å². The number of aromatic hydroxyl groups is 1. The zero-order valence-electron chi connectivity index (χ0n) is 12.6. The van der Waals surface area contributed by atoms with Crippen LogP contribution in [0.3, 0.4) is 0 Å². The van der Waals surface area contributed by atoms with Crippen molar-refractivity contribution >= 4 is 12.0 Å². The quantitative estimate of drug-likeness (QED) is 0.655. The summed E-state index contributed by atoms with van der Waals surface area (Å²) >= 11 is 0. The van der Waals surface area contributed by atoms with E-state index in [1.807, 2.05) is 0 Å². The van der Waals surface area contributed by atoms with Crippen LogP contribution in [0.2, 0.25) is 0 Å². The second-order valence-corrected chi connectivity index (χ2v) is 4.97. The Balaban J connectivity index is 2.00. The Labute approximate surface area is 137 Å². The van der Waals surface area contributed by atoms with Crippen LogP contribution in [0, 0.1) is 23.0 Å². The van der Waals surface area contributed by atoms with E-state index in [1.54, 1.807) is 18.2 Å². The smallest absolute Gasteiger partial charge is 0.261 e. The molecule has 0 aromatic heterocycles. The Morgan fingerprint density at radius 1 is 1.17 bits per heavy atom. The highest BCUT2D eigenvalue weighted by Gasteiger charge is 2.11. The van der Waals surface area contributed by atoms with Gasteiger partial charge in [0.1, 0.15) is 29.0 Å². The zero-order chi connectivity index (χ0) is 17.5. The van der Waals surface area contributed by atoms with E-state index in [2.05, 4.69) is 5.32 Å². The van der Waals surface area contributed by atoms with Gasteiger partial charge < -0.3 is 10.4 Å². The molecule has 0 aliphatic carbocycles. The second kappa shape index (κ2) is 7.88. The Hall–Kier alpha value is -3.20. The number of halogens is 2. The number of carbonyl (C=O) groups is 1. The molecule has 4 nitrogen and oxygen atoms in total. The lowest BCUT2D eigenvalue weighted by atomic mass is 10.1. The van der Waals surface area contributed by atoms with Gasteiger partial charge in [-0.25, -0.2) is 8.78 Å². The Kier molecular flexibility index (Phi) is 5.63. The maximum Gasteiger partial charge on any atom is 0.261 e. The van der Waals surface area contributed by atoms with Gasteiger partial charge in [-0.05, 0) is 42.3 Å². The van der Waals surface area contributed by atoms with Crippen molar-refractivity contribution < 1.29 is 18.7 Å². The van der Waals surface area contributed by atoms with Crippen LogP contribution in [0.1, 0.15) is 11.1 Å². The third-order valence-electron chi connectivity index (χ3n) is 3.29. The minimum absolute atomic E-state index is 0.00865. The number of hydrogen-bond acceptors (Lipinski definition) is 3. The van der Waals surface area contributed by atoms with Gasteiger partial charge in [0.2, 0.25) is 0 Å². The summed E-state index contributed by atoms with van der Waals surface area (Å²) < 4.78 is 27.0. The summed E-state index contributed by atoms with van der Waals surface area (Å²) in [5, 5.41) is 20.7. The maximum atomic E-state index is 13.5. The van der Waals surface area contributed by atoms with Gasteiger partial charge in [0, 0.05) is 12.1 Å². The molecule has 24 heavy (non-hydrogen) atoms. The van der Waals surface area contributed by atoms with Gasteiger partial charge in [0.25, 0.3) is 5.91 Å². The van der Waals surface area contributed by atoms with Crippen LogP contribution < -0.4 is 5.32 Å². The molecule has 0 aliphatic heterocycles. The van der Waals surface area contributed by atoms with Gasteiger partial charge in [0.15, 0.2) is 0 Å². The van der Waals surface area contributed by atoms with Gasteiger partial charge in [-0.3, -0.25) is 4.79 Å². The number of benzene rings is 2. The first-order valence-corrected chi connectivity index (χ1v) is 7.13. The van der Waals surface area contributed by atoms with E-state index in [9.17, 15) is 18.7 Å². The highest BCUT2D eigenvalue weighted by molar-refractivity contribution is 6.01. The van der Waals surface area contributed by atoms with Crippen LogP contribution in [-0.4, -0.2) is 17.6 Å². The summed E-state index contributed by atoms with van der Waals surface area (Å²) in [5.41, 5.74) is 0.313. The van der Waals surface area contributed by atoms with Gasteiger partial charge in [0.05, 0.1) is 0 Å². The van der Waals surface area contributed by atoms with Gasteiger partial charge >= 0.3 is 0 Å². The molecular weight excluding hydrogens is 314 g/mol. The van der Waals surface area contributed by atoms with Crippen LogP contribution in [-0.2, 0) is 11.2 Å². The average Bonchev–Trinajstić information content (AvgIpc) is 2.57. The summed E-state index contributed by atoms with van der Waals surface area (Å²) in [7, 11) is 0.